The highest BCUT2D eigenvalue weighted by Gasteiger charge is 2.21. The normalized spacial score (nSPS) is 9.52. The molecule has 2 N–H and O–H groups in total. The van der Waals surface area contributed by atoms with Crippen molar-refractivity contribution in [1.29, 1.82) is 15.8 Å². The van der Waals surface area contributed by atoms with Crippen LogP contribution in [0.1, 0.15) is 16.7 Å². The molecule has 1 heterocycles. The lowest BCUT2D eigenvalue weighted by Gasteiger charge is -2.12. The second-order valence-corrected chi connectivity index (χ2v) is 5.67. The summed E-state index contributed by atoms with van der Waals surface area (Å²) >= 11 is 1.00. The van der Waals surface area contributed by atoms with Crippen LogP contribution in [-0.2, 0) is 9.53 Å². The van der Waals surface area contributed by atoms with E-state index < -0.39 is 5.97 Å². The van der Waals surface area contributed by atoms with Gasteiger partial charge in [0.1, 0.15) is 28.5 Å². The zero-order valence-electron chi connectivity index (χ0n) is 13.1. The van der Waals surface area contributed by atoms with Crippen molar-refractivity contribution < 1.29 is 9.53 Å². The third-order valence-corrected chi connectivity index (χ3v) is 4.22. The van der Waals surface area contributed by atoms with Crippen molar-refractivity contribution in [3.05, 3.63) is 41.0 Å². The maximum atomic E-state index is 11.4. The standard InChI is InChI=1S/C17H11N5O2S/c1-24-14(23)9-25-17-13(8-20)15(12(7-19)16(21)22-17)11-4-2-10(6-18)3-5-11/h2-5H,9H2,1H3,(H2,21,22). The molecule has 0 saturated carbocycles. The van der Waals surface area contributed by atoms with Gasteiger partial charge in [0, 0.05) is 5.56 Å². The molecule has 7 nitrogen and oxygen atoms in total. The third kappa shape index (κ3) is 3.69. The number of anilines is 1. The van der Waals surface area contributed by atoms with Crippen molar-refractivity contribution in [2.24, 2.45) is 0 Å². The van der Waals surface area contributed by atoms with Gasteiger partial charge in [0.05, 0.1) is 30.1 Å². The molecule has 122 valence electrons. The molecule has 0 bridgehead atoms. The quantitative estimate of drug-likeness (QED) is 0.655. The van der Waals surface area contributed by atoms with E-state index in [1.54, 1.807) is 24.3 Å². The van der Waals surface area contributed by atoms with Crippen molar-refractivity contribution in [1.82, 2.24) is 4.98 Å². The monoisotopic (exact) mass is 349 g/mol. The van der Waals surface area contributed by atoms with Crippen LogP contribution in [0.2, 0.25) is 0 Å². The molecule has 8 heteroatoms. The maximum absolute atomic E-state index is 11.4. The minimum Gasteiger partial charge on any atom is -0.468 e. The first kappa shape index (κ1) is 17.8. The molecule has 0 radical (unpaired) electrons. The van der Waals surface area contributed by atoms with Crippen molar-refractivity contribution in [3.63, 3.8) is 0 Å². The molecule has 25 heavy (non-hydrogen) atoms. The molecule has 0 aliphatic heterocycles. The van der Waals surface area contributed by atoms with Crippen LogP contribution in [0.4, 0.5) is 5.82 Å². The molecule has 0 unspecified atom stereocenters. The smallest absolute Gasteiger partial charge is 0.316 e. The number of pyridine rings is 1. The van der Waals surface area contributed by atoms with E-state index in [0.29, 0.717) is 16.7 Å². The van der Waals surface area contributed by atoms with Gasteiger partial charge >= 0.3 is 5.97 Å². The first-order valence-electron chi connectivity index (χ1n) is 6.89. The van der Waals surface area contributed by atoms with Gasteiger partial charge in [-0.25, -0.2) is 4.98 Å². The summed E-state index contributed by atoms with van der Waals surface area (Å²) in [6.45, 7) is 0. The van der Waals surface area contributed by atoms with Crippen LogP contribution in [0.3, 0.4) is 0 Å². The van der Waals surface area contributed by atoms with Gasteiger partial charge in [0.2, 0.25) is 0 Å². The van der Waals surface area contributed by atoms with Crippen LogP contribution >= 0.6 is 11.8 Å². The molecular formula is C17H11N5O2S. The fourth-order valence-corrected chi connectivity index (χ4v) is 2.92. The summed E-state index contributed by atoms with van der Waals surface area (Å²) in [4.78, 5) is 15.4. The predicted molar refractivity (Wildman–Crippen MR) is 91.0 cm³/mol. The molecule has 0 aliphatic rings. The van der Waals surface area contributed by atoms with Gasteiger partial charge in [0.25, 0.3) is 0 Å². The number of hydrogen-bond acceptors (Lipinski definition) is 8. The fraction of sp³-hybridized carbons (Fsp3) is 0.118. The van der Waals surface area contributed by atoms with E-state index in [2.05, 4.69) is 9.72 Å². The second kappa shape index (κ2) is 7.83. The average Bonchev–Trinajstić information content (AvgIpc) is 2.65. The molecular weight excluding hydrogens is 338 g/mol. The Labute approximate surface area is 148 Å². The van der Waals surface area contributed by atoms with Gasteiger partial charge in [0.15, 0.2) is 0 Å². The first-order valence-corrected chi connectivity index (χ1v) is 7.88. The van der Waals surface area contributed by atoms with E-state index in [-0.39, 0.29) is 27.7 Å². The molecule has 2 rings (SSSR count). The number of hydrogen-bond donors (Lipinski definition) is 1. The number of nitrogens with two attached hydrogens (primary N) is 1. The van der Waals surface area contributed by atoms with E-state index in [0.717, 1.165) is 11.8 Å². The highest BCUT2D eigenvalue weighted by Crippen LogP contribution is 2.35. The number of nitriles is 3. The van der Waals surface area contributed by atoms with Gasteiger partial charge in [-0.3, -0.25) is 4.79 Å². The van der Waals surface area contributed by atoms with Crippen LogP contribution < -0.4 is 5.73 Å². The Bertz CT molecular complexity index is 949. The van der Waals surface area contributed by atoms with Gasteiger partial charge in [-0.15, -0.1) is 0 Å². The number of methoxy groups -OCH3 is 1. The number of carbonyl (C=O) groups excluding carboxylic acids is 1. The number of nitrogens with zero attached hydrogens (tertiary/aromatic N) is 4. The molecule has 0 amide bonds. The maximum Gasteiger partial charge on any atom is 0.316 e. The lowest BCUT2D eigenvalue weighted by molar-refractivity contribution is -0.137. The highest BCUT2D eigenvalue weighted by atomic mass is 32.2. The number of ether oxygens (including phenoxy) is 1. The largest absolute Gasteiger partial charge is 0.468 e. The van der Waals surface area contributed by atoms with E-state index in [1.165, 1.54) is 7.11 Å². The van der Waals surface area contributed by atoms with Crippen molar-refractivity contribution in [3.8, 4) is 29.3 Å². The summed E-state index contributed by atoms with van der Waals surface area (Å²) in [5, 5.41) is 28.1. The van der Waals surface area contributed by atoms with Crippen LogP contribution in [-0.4, -0.2) is 23.8 Å². The third-order valence-electron chi connectivity index (χ3n) is 3.27. The molecule has 1 aromatic carbocycles. The van der Waals surface area contributed by atoms with Crippen molar-refractivity contribution in [2.45, 2.75) is 5.03 Å². The van der Waals surface area contributed by atoms with Crippen LogP contribution in [0.15, 0.2) is 29.3 Å². The van der Waals surface area contributed by atoms with Crippen molar-refractivity contribution in [2.75, 3.05) is 18.6 Å². The SMILES string of the molecule is COC(=O)CSc1nc(N)c(C#N)c(-c2ccc(C#N)cc2)c1C#N. The van der Waals surface area contributed by atoms with Gasteiger partial charge in [-0.1, -0.05) is 23.9 Å². The molecule has 0 spiro atoms. The number of rotatable bonds is 4. The number of aromatic nitrogens is 1. The summed E-state index contributed by atoms with van der Waals surface area (Å²) in [6.07, 6.45) is 0. The van der Waals surface area contributed by atoms with Crippen LogP contribution in [0, 0.1) is 34.0 Å². The molecule has 0 saturated heterocycles. The van der Waals surface area contributed by atoms with Crippen LogP contribution in [0.5, 0.6) is 0 Å². The van der Waals surface area contributed by atoms with Gasteiger partial charge in [-0.2, -0.15) is 15.8 Å². The summed E-state index contributed by atoms with van der Waals surface area (Å²) in [5.74, 6) is -0.553. The van der Waals surface area contributed by atoms with E-state index in [1.807, 2.05) is 18.2 Å². The number of carbonyl (C=O) groups is 1. The zero-order valence-corrected chi connectivity index (χ0v) is 13.9. The molecule has 2 aromatic rings. The van der Waals surface area contributed by atoms with Crippen molar-refractivity contribution >= 4 is 23.5 Å². The molecule has 1 aromatic heterocycles. The highest BCUT2D eigenvalue weighted by molar-refractivity contribution is 7.99. The average molecular weight is 349 g/mol. The van der Waals surface area contributed by atoms with E-state index in [9.17, 15) is 15.3 Å². The molecule has 0 aliphatic carbocycles. The molecule has 0 atom stereocenters. The minimum absolute atomic E-state index is 0.0341. The Morgan fingerprint density at radius 3 is 2.32 bits per heavy atom. The Hall–Kier alpha value is -3.54. The van der Waals surface area contributed by atoms with Gasteiger partial charge < -0.3 is 10.5 Å². The first-order chi connectivity index (χ1) is 12.0. The topological polar surface area (TPSA) is 137 Å². The summed E-state index contributed by atoms with van der Waals surface area (Å²) < 4.78 is 4.58. The lowest BCUT2D eigenvalue weighted by Crippen LogP contribution is -2.07. The lowest BCUT2D eigenvalue weighted by atomic mass is 9.96. The fourth-order valence-electron chi connectivity index (χ4n) is 2.09. The number of benzene rings is 1. The van der Waals surface area contributed by atoms with Crippen LogP contribution in [0.25, 0.3) is 11.1 Å². The second-order valence-electron chi connectivity index (χ2n) is 4.70. The summed E-state index contributed by atoms with van der Waals surface area (Å²) in [7, 11) is 1.26. The Morgan fingerprint density at radius 2 is 1.80 bits per heavy atom. The Balaban J connectivity index is 2.65. The zero-order chi connectivity index (χ0) is 18.4. The summed E-state index contributed by atoms with van der Waals surface area (Å²) in [6, 6.07) is 12.4. The summed E-state index contributed by atoms with van der Waals surface area (Å²) in [5.41, 5.74) is 7.41. The Kier molecular flexibility index (Phi) is 5.58. The predicted octanol–water partition coefficient (Wildman–Crippen LogP) is 2.21. The number of nitrogen functional groups attached to an aromatic ring is 1. The molecule has 0 fully saturated rings. The number of thioether (sulfide) groups is 1. The minimum atomic E-state index is -0.474. The van der Waals surface area contributed by atoms with E-state index in [4.69, 9.17) is 11.0 Å². The Morgan fingerprint density at radius 1 is 1.16 bits per heavy atom. The van der Waals surface area contributed by atoms with E-state index >= 15 is 0 Å². The van der Waals surface area contributed by atoms with Gasteiger partial charge in [-0.05, 0) is 17.7 Å². The number of esters is 1.